The van der Waals surface area contributed by atoms with Gasteiger partial charge >= 0.3 is 6.03 Å². The first-order valence-corrected chi connectivity index (χ1v) is 9.51. The third-order valence-corrected chi connectivity index (χ3v) is 5.01. The highest BCUT2D eigenvalue weighted by Gasteiger charge is 2.11. The van der Waals surface area contributed by atoms with E-state index in [1.54, 1.807) is 7.05 Å². The number of H-pyrrole nitrogens is 1. The molecule has 1 aromatic carbocycles. The molecule has 6 nitrogen and oxygen atoms in total. The van der Waals surface area contributed by atoms with E-state index in [2.05, 4.69) is 27.4 Å². The van der Waals surface area contributed by atoms with E-state index in [9.17, 15) is 9.59 Å². The molecule has 26 heavy (non-hydrogen) atoms. The summed E-state index contributed by atoms with van der Waals surface area (Å²) in [5, 5.41) is 4.74. The number of benzene rings is 1. The first-order chi connectivity index (χ1) is 12.6. The zero-order chi connectivity index (χ0) is 18.4. The summed E-state index contributed by atoms with van der Waals surface area (Å²) in [6.07, 6.45) is 2.96. The van der Waals surface area contributed by atoms with Crippen LogP contribution in [-0.2, 0) is 13.0 Å². The molecule has 0 radical (unpaired) electrons. The van der Waals surface area contributed by atoms with Gasteiger partial charge in [0.25, 0.3) is 5.56 Å². The molecule has 0 aliphatic heterocycles. The highest BCUT2D eigenvalue weighted by atomic mass is 32.1. The fourth-order valence-electron chi connectivity index (χ4n) is 2.72. The number of nitrogens with one attached hydrogen (secondary N) is 2. The van der Waals surface area contributed by atoms with Crippen LogP contribution in [0.25, 0.3) is 10.2 Å². The molecule has 0 aliphatic carbocycles. The van der Waals surface area contributed by atoms with Crippen LogP contribution in [0.3, 0.4) is 0 Å². The van der Waals surface area contributed by atoms with Crippen LogP contribution in [0.5, 0.6) is 0 Å². The van der Waals surface area contributed by atoms with E-state index in [1.165, 1.54) is 21.8 Å². The van der Waals surface area contributed by atoms with E-state index in [0.29, 0.717) is 22.6 Å². The zero-order valence-corrected chi connectivity index (χ0v) is 15.5. The maximum absolute atomic E-state index is 12.2. The molecule has 0 atom stereocenters. The number of hydrogen-bond donors (Lipinski definition) is 2. The van der Waals surface area contributed by atoms with Gasteiger partial charge in [-0.25, -0.2) is 9.78 Å². The Morgan fingerprint density at radius 3 is 2.85 bits per heavy atom. The van der Waals surface area contributed by atoms with Crippen molar-refractivity contribution in [1.82, 2.24) is 20.2 Å². The summed E-state index contributed by atoms with van der Waals surface area (Å²) in [7, 11) is 1.69. The average Bonchev–Trinajstić information content (AvgIpc) is 3.11. The van der Waals surface area contributed by atoms with Crippen LogP contribution in [0.15, 0.2) is 46.6 Å². The van der Waals surface area contributed by atoms with Crippen molar-refractivity contribution >= 4 is 27.6 Å². The number of fused-ring (bicyclic) bond motifs is 1. The summed E-state index contributed by atoms with van der Waals surface area (Å²) in [6.45, 7) is 0.889. The smallest absolute Gasteiger partial charge is 0.317 e. The lowest BCUT2D eigenvalue weighted by atomic mass is 10.1. The quantitative estimate of drug-likeness (QED) is 0.627. The van der Waals surface area contributed by atoms with E-state index in [0.717, 1.165) is 19.3 Å². The van der Waals surface area contributed by atoms with Crippen molar-refractivity contribution in [3.8, 4) is 0 Å². The number of aromatic nitrogens is 2. The molecule has 0 unspecified atom stereocenters. The average molecular weight is 370 g/mol. The summed E-state index contributed by atoms with van der Waals surface area (Å²) in [5.41, 5.74) is 1.83. The van der Waals surface area contributed by atoms with Crippen LogP contribution in [-0.4, -0.2) is 34.5 Å². The fraction of sp³-hybridized carbons (Fsp3) is 0.316. The predicted molar refractivity (Wildman–Crippen MR) is 104 cm³/mol. The van der Waals surface area contributed by atoms with E-state index in [1.807, 2.05) is 29.6 Å². The number of carbonyl (C=O) groups excluding carboxylic acids is 1. The van der Waals surface area contributed by atoms with Crippen LogP contribution in [0.1, 0.15) is 24.2 Å². The summed E-state index contributed by atoms with van der Waals surface area (Å²) in [5.74, 6) is 0.489. The molecular formula is C19H22N4O2S. The van der Waals surface area contributed by atoms with Crippen molar-refractivity contribution in [3.05, 3.63) is 63.5 Å². The Morgan fingerprint density at radius 2 is 2.04 bits per heavy atom. The number of urea groups is 1. The van der Waals surface area contributed by atoms with Gasteiger partial charge in [0.2, 0.25) is 0 Å². The molecule has 0 fully saturated rings. The lowest BCUT2D eigenvalue weighted by Crippen LogP contribution is -2.38. The molecule has 3 rings (SSSR count). The van der Waals surface area contributed by atoms with Crippen molar-refractivity contribution in [2.45, 2.75) is 25.8 Å². The normalized spacial score (nSPS) is 10.8. The van der Waals surface area contributed by atoms with Crippen LogP contribution >= 0.6 is 11.3 Å². The molecular weight excluding hydrogens is 348 g/mol. The van der Waals surface area contributed by atoms with Crippen LogP contribution < -0.4 is 10.9 Å². The summed E-state index contributed by atoms with van der Waals surface area (Å²) in [4.78, 5) is 32.8. The first kappa shape index (κ1) is 18.1. The third-order valence-electron chi connectivity index (χ3n) is 4.11. The van der Waals surface area contributed by atoms with E-state index in [4.69, 9.17) is 0 Å². The molecule has 0 aliphatic rings. The molecule has 136 valence electrons. The number of aryl methyl sites for hydroxylation is 1. The number of nitrogens with zero attached hydrogens (tertiary/aromatic N) is 2. The van der Waals surface area contributed by atoms with E-state index >= 15 is 0 Å². The monoisotopic (exact) mass is 370 g/mol. The highest BCUT2D eigenvalue weighted by Crippen LogP contribution is 2.14. The number of hydrogen-bond acceptors (Lipinski definition) is 4. The maximum Gasteiger partial charge on any atom is 0.317 e. The van der Waals surface area contributed by atoms with Crippen molar-refractivity contribution in [1.29, 1.82) is 0 Å². The Hall–Kier alpha value is -2.67. The zero-order valence-electron chi connectivity index (χ0n) is 14.7. The number of thiophene rings is 1. The lowest BCUT2D eigenvalue weighted by Gasteiger charge is -2.17. The van der Waals surface area contributed by atoms with E-state index < -0.39 is 0 Å². The summed E-state index contributed by atoms with van der Waals surface area (Å²) >= 11 is 1.36. The Labute approximate surface area is 155 Å². The Bertz CT molecular complexity index is 920. The van der Waals surface area contributed by atoms with E-state index in [-0.39, 0.29) is 18.1 Å². The minimum absolute atomic E-state index is 0.158. The fourth-order valence-corrected chi connectivity index (χ4v) is 3.45. The van der Waals surface area contributed by atoms with Gasteiger partial charge in [-0.15, -0.1) is 11.3 Å². The Morgan fingerprint density at radius 1 is 1.23 bits per heavy atom. The van der Waals surface area contributed by atoms with Crippen LogP contribution in [0.4, 0.5) is 4.79 Å². The molecule has 0 saturated carbocycles. The van der Waals surface area contributed by atoms with Gasteiger partial charge < -0.3 is 15.2 Å². The second-order valence-corrected chi connectivity index (χ2v) is 7.09. The molecule has 7 heteroatoms. The van der Waals surface area contributed by atoms with Gasteiger partial charge in [0.15, 0.2) is 0 Å². The molecule has 3 aromatic rings. The Balaban J connectivity index is 1.43. The second kappa shape index (κ2) is 8.62. The van der Waals surface area contributed by atoms with Gasteiger partial charge in [0, 0.05) is 13.6 Å². The molecule has 2 N–H and O–H groups in total. The van der Waals surface area contributed by atoms with Crippen LogP contribution in [0, 0.1) is 0 Å². The molecule has 0 spiro atoms. The highest BCUT2D eigenvalue weighted by molar-refractivity contribution is 7.17. The van der Waals surface area contributed by atoms with Crippen molar-refractivity contribution in [2.75, 3.05) is 13.6 Å². The van der Waals surface area contributed by atoms with Crippen LogP contribution in [0.2, 0.25) is 0 Å². The molecule has 0 saturated heterocycles. The van der Waals surface area contributed by atoms with Crippen molar-refractivity contribution < 1.29 is 4.79 Å². The molecule has 2 aromatic heterocycles. The number of carbonyl (C=O) groups is 1. The second-order valence-electron chi connectivity index (χ2n) is 6.18. The predicted octanol–water partition coefficient (Wildman–Crippen LogP) is 3.15. The number of amides is 2. The molecule has 2 heterocycles. The largest absolute Gasteiger partial charge is 0.338 e. The number of unbranched alkanes of at least 4 members (excludes halogenated alkanes) is 1. The molecule has 2 amide bonds. The lowest BCUT2D eigenvalue weighted by molar-refractivity contribution is 0.205. The van der Waals surface area contributed by atoms with Crippen molar-refractivity contribution in [3.63, 3.8) is 0 Å². The van der Waals surface area contributed by atoms with Gasteiger partial charge in [-0.3, -0.25) is 4.79 Å². The summed E-state index contributed by atoms with van der Waals surface area (Å²) < 4.78 is 0.610. The van der Waals surface area contributed by atoms with Gasteiger partial charge in [-0.05, 0) is 36.3 Å². The topological polar surface area (TPSA) is 78.1 Å². The SMILES string of the molecule is CN(Cc1nc2ccsc2c(=O)[nH]1)C(=O)NCCCCc1ccccc1. The maximum atomic E-state index is 12.2. The van der Waals surface area contributed by atoms with Gasteiger partial charge in [-0.1, -0.05) is 30.3 Å². The summed E-state index contributed by atoms with van der Waals surface area (Å²) in [6, 6.07) is 12.0. The third kappa shape index (κ3) is 4.70. The van der Waals surface area contributed by atoms with Gasteiger partial charge in [0.1, 0.15) is 10.5 Å². The minimum atomic E-state index is -0.169. The standard InChI is InChI=1S/C19H22N4O2S/c1-23(13-16-21-15-10-12-26-17(15)18(24)22-16)19(25)20-11-6-5-9-14-7-3-2-4-8-14/h2-4,7-8,10,12H,5-6,9,11,13H2,1H3,(H,20,25)(H,21,22,24). The van der Waals surface area contributed by atoms with Crippen molar-refractivity contribution in [2.24, 2.45) is 0 Å². The number of rotatable bonds is 7. The van der Waals surface area contributed by atoms with Gasteiger partial charge in [-0.2, -0.15) is 0 Å². The van der Waals surface area contributed by atoms with Gasteiger partial charge in [0.05, 0.1) is 12.1 Å². The number of aromatic amines is 1. The minimum Gasteiger partial charge on any atom is -0.338 e. The first-order valence-electron chi connectivity index (χ1n) is 8.63. The Kier molecular flexibility index (Phi) is 6.01. The molecule has 0 bridgehead atoms.